The molecule has 0 saturated carbocycles. The number of aromatic nitrogens is 1. The molecule has 0 aliphatic heterocycles. The molecule has 3 rings (SSSR count). The van der Waals surface area contributed by atoms with Gasteiger partial charge in [0.05, 0.1) is 26.1 Å². The standard InChI is InChI=1S/C18H17BrN2O2/c1-22-14-7-6-12(17(8-14)23-2)10-21-16-11-20-9-13-4-3-5-15(19)18(13)16/h3-9,11,21H,10H2,1-2H3. The maximum Gasteiger partial charge on any atom is 0.127 e. The highest BCUT2D eigenvalue weighted by Crippen LogP contribution is 2.31. The monoisotopic (exact) mass is 372 g/mol. The van der Waals surface area contributed by atoms with Gasteiger partial charge in [-0.05, 0) is 18.2 Å². The van der Waals surface area contributed by atoms with Gasteiger partial charge in [0.2, 0.25) is 0 Å². The van der Waals surface area contributed by atoms with Crippen LogP contribution < -0.4 is 14.8 Å². The van der Waals surface area contributed by atoms with E-state index < -0.39 is 0 Å². The third-order valence-corrected chi connectivity index (χ3v) is 4.36. The Labute approximate surface area is 143 Å². The van der Waals surface area contributed by atoms with Crippen LogP contribution >= 0.6 is 15.9 Å². The molecule has 0 bridgehead atoms. The Morgan fingerprint density at radius 2 is 1.96 bits per heavy atom. The second-order valence-electron chi connectivity index (χ2n) is 5.06. The van der Waals surface area contributed by atoms with E-state index in [2.05, 4.69) is 26.2 Å². The summed E-state index contributed by atoms with van der Waals surface area (Å²) >= 11 is 3.61. The molecule has 0 radical (unpaired) electrons. The summed E-state index contributed by atoms with van der Waals surface area (Å²) in [5.74, 6) is 1.57. The van der Waals surface area contributed by atoms with Gasteiger partial charge in [-0.1, -0.05) is 28.1 Å². The van der Waals surface area contributed by atoms with Crippen LogP contribution in [0.4, 0.5) is 5.69 Å². The Kier molecular flexibility index (Phi) is 4.67. The summed E-state index contributed by atoms with van der Waals surface area (Å²) < 4.78 is 11.7. The fourth-order valence-electron chi connectivity index (χ4n) is 2.51. The van der Waals surface area contributed by atoms with Crippen LogP contribution in [0.5, 0.6) is 11.5 Å². The second-order valence-corrected chi connectivity index (χ2v) is 5.91. The molecule has 4 nitrogen and oxygen atoms in total. The largest absolute Gasteiger partial charge is 0.497 e. The van der Waals surface area contributed by atoms with Crippen LogP contribution in [0.3, 0.4) is 0 Å². The summed E-state index contributed by atoms with van der Waals surface area (Å²) in [5, 5.41) is 5.65. The van der Waals surface area contributed by atoms with Crippen LogP contribution in [0.25, 0.3) is 10.8 Å². The lowest BCUT2D eigenvalue weighted by molar-refractivity contribution is 0.391. The lowest BCUT2D eigenvalue weighted by atomic mass is 10.1. The summed E-state index contributed by atoms with van der Waals surface area (Å²) in [4.78, 5) is 4.30. The molecule has 3 aromatic rings. The topological polar surface area (TPSA) is 43.4 Å². The van der Waals surface area contributed by atoms with E-state index in [0.717, 1.165) is 38.0 Å². The van der Waals surface area contributed by atoms with Crippen LogP contribution in [0.1, 0.15) is 5.56 Å². The van der Waals surface area contributed by atoms with E-state index in [1.54, 1.807) is 14.2 Å². The van der Waals surface area contributed by atoms with Crippen molar-refractivity contribution in [3.8, 4) is 11.5 Å². The van der Waals surface area contributed by atoms with Gasteiger partial charge >= 0.3 is 0 Å². The minimum absolute atomic E-state index is 0.634. The molecular formula is C18H17BrN2O2. The van der Waals surface area contributed by atoms with Crippen LogP contribution in [0, 0.1) is 0 Å². The molecule has 0 fully saturated rings. The van der Waals surface area contributed by atoms with E-state index in [4.69, 9.17) is 9.47 Å². The first-order valence-electron chi connectivity index (χ1n) is 7.20. The number of ether oxygens (including phenoxy) is 2. The van der Waals surface area contributed by atoms with Crippen molar-refractivity contribution in [2.24, 2.45) is 0 Å². The van der Waals surface area contributed by atoms with Gasteiger partial charge in [-0.2, -0.15) is 0 Å². The average molecular weight is 373 g/mol. The van der Waals surface area contributed by atoms with Crippen LogP contribution in [-0.4, -0.2) is 19.2 Å². The van der Waals surface area contributed by atoms with Gasteiger partial charge in [0.25, 0.3) is 0 Å². The first-order valence-corrected chi connectivity index (χ1v) is 7.99. The highest BCUT2D eigenvalue weighted by Gasteiger charge is 2.08. The highest BCUT2D eigenvalue weighted by molar-refractivity contribution is 9.10. The van der Waals surface area contributed by atoms with E-state index in [1.165, 1.54) is 0 Å². The number of benzene rings is 2. The summed E-state index contributed by atoms with van der Waals surface area (Å²) in [5.41, 5.74) is 2.03. The van der Waals surface area contributed by atoms with Gasteiger partial charge in [-0.15, -0.1) is 0 Å². The van der Waals surface area contributed by atoms with Crippen molar-refractivity contribution in [3.63, 3.8) is 0 Å². The number of nitrogens with zero attached hydrogens (tertiary/aromatic N) is 1. The summed E-state index contributed by atoms with van der Waals surface area (Å²) in [6.45, 7) is 0.634. The zero-order chi connectivity index (χ0) is 16.2. The SMILES string of the molecule is COc1ccc(CNc2cncc3cccc(Br)c23)c(OC)c1. The molecule has 23 heavy (non-hydrogen) atoms. The van der Waals surface area contributed by atoms with Crippen LogP contribution in [0.15, 0.2) is 53.3 Å². The van der Waals surface area contributed by atoms with Crippen LogP contribution in [-0.2, 0) is 6.54 Å². The molecule has 0 aliphatic carbocycles. The molecule has 0 unspecified atom stereocenters. The molecular weight excluding hydrogens is 356 g/mol. The number of methoxy groups -OCH3 is 2. The van der Waals surface area contributed by atoms with E-state index in [-0.39, 0.29) is 0 Å². The third kappa shape index (κ3) is 3.24. The van der Waals surface area contributed by atoms with Gasteiger partial charge < -0.3 is 14.8 Å². The van der Waals surface area contributed by atoms with Gasteiger partial charge in [-0.25, -0.2) is 0 Å². The van der Waals surface area contributed by atoms with Crippen molar-refractivity contribution < 1.29 is 9.47 Å². The van der Waals surface area contributed by atoms with E-state index in [9.17, 15) is 0 Å². The van der Waals surface area contributed by atoms with E-state index in [0.29, 0.717) is 6.54 Å². The third-order valence-electron chi connectivity index (χ3n) is 3.70. The quantitative estimate of drug-likeness (QED) is 0.709. The molecule has 0 amide bonds. The molecule has 1 aromatic heterocycles. The zero-order valence-electron chi connectivity index (χ0n) is 13.0. The van der Waals surface area contributed by atoms with Crippen LogP contribution in [0.2, 0.25) is 0 Å². The smallest absolute Gasteiger partial charge is 0.127 e. The molecule has 2 aromatic carbocycles. The Balaban J connectivity index is 1.90. The Morgan fingerprint density at radius 3 is 2.74 bits per heavy atom. The lowest BCUT2D eigenvalue weighted by Crippen LogP contribution is -2.03. The van der Waals surface area contributed by atoms with Gasteiger partial charge in [0.15, 0.2) is 0 Å². The summed E-state index contributed by atoms with van der Waals surface area (Å²) in [6, 6.07) is 11.9. The second kappa shape index (κ2) is 6.87. The normalized spacial score (nSPS) is 10.6. The first-order chi connectivity index (χ1) is 11.2. The zero-order valence-corrected chi connectivity index (χ0v) is 14.6. The number of anilines is 1. The minimum Gasteiger partial charge on any atom is -0.497 e. The van der Waals surface area contributed by atoms with E-state index in [1.807, 2.05) is 48.8 Å². The van der Waals surface area contributed by atoms with Crippen molar-refractivity contribution in [3.05, 3.63) is 58.8 Å². The number of fused-ring (bicyclic) bond motifs is 1. The predicted molar refractivity (Wildman–Crippen MR) is 96.3 cm³/mol. The Bertz CT molecular complexity index is 831. The Hall–Kier alpha value is -2.27. The molecule has 0 saturated heterocycles. The molecule has 1 N–H and O–H groups in total. The molecule has 0 spiro atoms. The van der Waals surface area contributed by atoms with Crippen molar-refractivity contribution in [2.45, 2.75) is 6.54 Å². The minimum atomic E-state index is 0.634. The van der Waals surface area contributed by atoms with Crippen molar-refractivity contribution in [1.82, 2.24) is 4.98 Å². The van der Waals surface area contributed by atoms with Gasteiger partial charge in [-0.3, -0.25) is 4.98 Å². The average Bonchev–Trinajstić information content (AvgIpc) is 2.60. The number of nitrogens with one attached hydrogen (secondary N) is 1. The summed E-state index contributed by atoms with van der Waals surface area (Å²) in [6.07, 6.45) is 3.70. The van der Waals surface area contributed by atoms with Gasteiger partial charge in [0, 0.05) is 39.6 Å². The predicted octanol–water partition coefficient (Wildman–Crippen LogP) is 4.63. The number of rotatable bonds is 5. The van der Waals surface area contributed by atoms with Crippen molar-refractivity contribution in [1.29, 1.82) is 0 Å². The molecule has 118 valence electrons. The Morgan fingerprint density at radius 1 is 1.09 bits per heavy atom. The maximum atomic E-state index is 5.44. The molecule has 0 atom stereocenters. The van der Waals surface area contributed by atoms with Crippen molar-refractivity contribution >= 4 is 32.4 Å². The highest BCUT2D eigenvalue weighted by atomic mass is 79.9. The van der Waals surface area contributed by atoms with E-state index >= 15 is 0 Å². The maximum absolute atomic E-state index is 5.44. The van der Waals surface area contributed by atoms with Gasteiger partial charge in [0.1, 0.15) is 11.5 Å². The number of hydrogen-bond acceptors (Lipinski definition) is 4. The molecule has 1 heterocycles. The summed E-state index contributed by atoms with van der Waals surface area (Å²) in [7, 11) is 3.31. The molecule has 0 aliphatic rings. The first kappa shape index (κ1) is 15.6. The fraction of sp³-hybridized carbons (Fsp3) is 0.167. The fourth-order valence-corrected chi connectivity index (χ4v) is 3.11. The van der Waals surface area contributed by atoms with Crippen molar-refractivity contribution in [2.75, 3.05) is 19.5 Å². The molecule has 5 heteroatoms. The number of hydrogen-bond donors (Lipinski definition) is 1. The lowest BCUT2D eigenvalue weighted by Gasteiger charge is -2.13. The number of halogens is 1. The number of pyridine rings is 1.